The predicted molar refractivity (Wildman–Crippen MR) is 127 cm³/mol. The predicted octanol–water partition coefficient (Wildman–Crippen LogP) is 4.97. The van der Waals surface area contributed by atoms with Crippen molar-refractivity contribution in [1.82, 2.24) is 10.3 Å². The lowest BCUT2D eigenvalue weighted by Gasteiger charge is -2.31. The number of aromatic nitrogens is 1. The number of halogens is 2. The zero-order valence-corrected chi connectivity index (χ0v) is 18.9. The Kier molecular flexibility index (Phi) is 7.68. The number of rotatable bonds is 9. The van der Waals surface area contributed by atoms with E-state index >= 15 is 0 Å². The molecule has 0 amide bonds. The fourth-order valence-corrected chi connectivity index (χ4v) is 4.61. The van der Waals surface area contributed by atoms with Crippen molar-refractivity contribution in [3.8, 4) is 0 Å². The SMILES string of the molecule is CCc1ccc2c(c1)C(NCC(O)C(Cc1cc(F)cc(F)c1)Nc1ccncc1)CCC2. The molecule has 0 saturated carbocycles. The summed E-state index contributed by atoms with van der Waals surface area (Å²) in [6, 6.07) is 13.6. The van der Waals surface area contributed by atoms with Crippen molar-refractivity contribution in [2.75, 3.05) is 11.9 Å². The summed E-state index contributed by atoms with van der Waals surface area (Å²) in [5.74, 6) is -1.24. The fourth-order valence-electron chi connectivity index (χ4n) is 4.61. The summed E-state index contributed by atoms with van der Waals surface area (Å²) in [5, 5.41) is 18.0. The Hall–Kier alpha value is -2.83. The van der Waals surface area contributed by atoms with Gasteiger partial charge in [0.25, 0.3) is 0 Å². The van der Waals surface area contributed by atoms with Gasteiger partial charge in [-0.05, 0) is 78.6 Å². The van der Waals surface area contributed by atoms with Crippen LogP contribution in [0.15, 0.2) is 60.9 Å². The van der Waals surface area contributed by atoms with Gasteiger partial charge >= 0.3 is 0 Å². The van der Waals surface area contributed by atoms with Gasteiger partial charge in [0.1, 0.15) is 11.6 Å². The molecule has 3 atom stereocenters. The van der Waals surface area contributed by atoms with Crippen molar-refractivity contribution in [2.45, 2.75) is 57.2 Å². The molecule has 1 heterocycles. The summed E-state index contributed by atoms with van der Waals surface area (Å²) in [6.07, 6.45) is 7.03. The van der Waals surface area contributed by atoms with Gasteiger partial charge in [-0.3, -0.25) is 4.98 Å². The average molecular weight is 452 g/mol. The van der Waals surface area contributed by atoms with E-state index in [1.54, 1.807) is 12.4 Å². The normalized spacial score (nSPS) is 17.3. The highest BCUT2D eigenvalue weighted by Crippen LogP contribution is 2.31. The van der Waals surface area contributed by atoms with Crippen LogP contribution in [-0.4, -0.2) is 28.8 Å². The first-order chi connectivity index (χ1) is 16.0. The van der Waals surface area contributed by atoms with Gasteiger partial charge in [-0.15, -0.1) is 0 Å². The lowest BCUT2D eigenvalue weighted by molar-refractivity contribution is 0.143. The van der Waals surface area contributed by atoms with Gasteiger partial charge in [0.2, 0.25) is 0 Å². The van der Waals surface area contributed by atoms with Crippen LogP contribution in [-0.2, 0) is 19.3 Å². The standard InChI is InChI=1S/C27H31F2N3O/c1-2-18-6-7-20-4-3-5-25(24(20)14-18)31-17-27(33)26(32-23-8-10-30-11-9-23)15-19-12-21(28)16-22(29)13-19/h6-14,16,25-27,31,33H,2-5,15,17H2,1H3,(H,30,32). The highest BCUT2D eigenvalue weighted by atomic mass is 19.1. The number of nitrogens with zero attached hydrogens (tertiary/aromatic N) is 1. The zero-order valence-electron chi connectivity index (χ0n) is 18.9. The Morgan fingerprint density at radius 1 is 1.03 bits per heavy atom. The summed E-state index contributed by atoms with van der Waals surface area (Å²) in [4.78, 5) is 4.02. The molecule has 3 aromatic rings. The topological polar surface area (TPSA) is 57.2 Å². The number of fused-ring (bicyclic) bond motifs is 1. The molecule has 2 aromatic carbocycles. The van der Waals surface area contributed by atoms with Crippen molar-refractivity contribution in [3.05, 3.63) is 94.8 Å². The maximum Gasteiger partial charge on any atom is 0.126 e. The summed E-state index contributed by atoms with van der Waals surface area (Å²) in [5.41, 5.74) is 5.29. The smallest absolute Gasteiger partial charge is 0.126 e. The minimum atomic E-state index is -0.774. The van der Waals surface area contributed by atoms with Crippen LogP contribution in [0.5, 0.6) is 0 Å². The quantitative estimate of drug-likeness (QED) is 0.430. The van der Waals surface area contributed by atoms with E-state index in [1.165, 1.54) is 28.8 Å². The molecule has 33 heavy (non-hydrogen) atoms. The van der Waals surface area contributed by atoms with Gasteiger partial charge in [0, 0.05) is 36.7 Å². The maximum absolute atomic E-state index is 13.8. The van der Waals surface area contributed by atoms with Crippen LogP contribution in [0, 0.1) is 11.6 Å². The number of hydrogen-bond donors (Lipinski definition) is 3. The number of anilines is 1. The van der Waals surface area contributed by atoms with Gasteiger partial charge in [0.15, 0.2) is 0 Å². The minimum absolute atomic E-state index is 0.183. The van der Waals surface area contributed by atoms with Crippen molar-refractivity contribution >= 4 is 5.69 Å². The molecule has 6 heteroatoms. The minimum Gasteiger partial charge on any atom is -0.390 e. The summed E-state index contributed by atoms with van der Waals surface area (Å²) in [6.45, 7) is 2.52. The Bertz CT molecular complexity index is 1040. The van der Waals surface area contributed by atoms with Gasteiger partial charge in [-0.1, -0.05) is 25.1 Å². The molecule has 3 unspecified atom stereocenters. The maximum atomic E-state index is 13.8. The molecule has 1 aromatic heterocycles. The van der Waals surface area contributed by atoms with Gasteiger partial charge < -0.3 is 15.7 Å². The number of benzene rings is 2. The first kappa shape index (κ1) is 23.3. The molecular weight excluding hydrogens is 420 g/mol. The Labute approximate surface area is 194 Å². The number of aliphatic hydroxyl groups excluding tert-OH is 1. The van der Waals surface area contributed by atoms with Crippen LogP contribution in [0.1, 0.15) is 48.1 Å². The van der Waals surface area contributed by atoms with Crippen LogP contribution < -0.4 is 10.6 Å². The number of nitrogens with one attached hydrogen (secondary N) is 2. The molecule has 174 valence electrons. The molecule has 3 N–H and O–H groups in total. The van der Waals surface area contributed by atoms with Crippen LogP contribution in [0.25, 0.3) is 0 Å². The number of pyridine rings is 1. The van der Waals surface area contributed by atoms with Crippen molar-refractivity contribution < 1.29 is 13.9 Å². The lowest BCUT2D eigenvalue weighted by atomic mass is 9.86. The van der Waals surface area contributed by atoms with E-state index in [2.05, 4.69) is 40.7 Å². The molecule has 0 spiro atoms. The highest BCUT2D eigenvalue weighted by Gasteiger charge is 2.24. The second kappa shape index (κ2) is 10.9. The molecule has 0 fully saturated rings. The summed E-state index contributed by atoms with van der Waals surface area (Å²) >= 11 is 0. The Morgan fingerprint density at radius 3 is 2.52 bits per heavy atom. The Balaban J connectivity index is 1.49. The molecule has 0 saturated heterocycles. The van der Waals surface area contributed by atoms with E-state index in [9.17, 15) is 13.9 Å². The first-order valence-electron chi connectivity index (χ1n) is 11.7. The molecule has 1 aliphatic carbocycles. The van der Waals surface area contributed by atoms with E-state index in [0.29, 0.717) is 12.1 Å². The highest BCUT2D eigenvalue weighted by molar-refractivity contribution is 5.43. The van der Waals surface area contributed by atoms with Gasteiger partial charge in [0.05, 0.1) is 12.1 Å². The lowest BCUT2D eigenvalue weighted by Crippen LogP contribution is -2.43. The molecular formula is C27H31F2N3O. The van der Waals surface area contributed by atoms with Crippen LogP contribution in [0.4, 0.5) is 14.5 Å². The van der Waals surface area contributed by atoms with E-state index in [0.717, 1.165) is 37.4 Å². The molecule has 0 bridgehead atoms. The number of hydrogen-bond acceptors (Lipinski definition) is 4. The molecule has 0 aliphatic heterocycles. The van der Waals surface area contributed by atoms with Crippen LogP contribution in [0.2, 0.25) is 0 Å². The van der Waals surface area contributed by atoms with Crippen molar-refractivity contribution in [2.24, 2.45) is 0 Å². The monoisotopic (exact) mass is 451 g/mol. The second-order valence-electron chi connectivity index (χ2n) is 8.78. The van der Waals surface area contributed by atoms with Gasteiger partial charge in [-0.2, -0.15) is 0 Å². The van der Waals surface area contributed by atoms with Crippen molar-refractivity contribution in [1.29, 1.82) is 0 Å². The number of aryl methyl sites for hydroxylation is 2. The van der Waals surface area contributed by atoms with E-state index in [4.69, 9.17) is 0 Å². The summed E-state index contributed by atoms with van der Waals surface area (Å²) < 4.78 is 27.5. The largest absolute Gasteiger partial charge is 0.390 e. The third-order valence-corrected chi connectivity index (χ3v) is 6.38. The van der Waals surface area contributed by atoms with Crippen LogP contribution >= 0.6 is 0 Å². The average Bonchev–Trinajstić information content (AvgIpc) is 2.81. The third kappa shape index (κ3) is 6.15. The third-order valence-electron chi connectivity index (χ3n) is 6.38. The van der Waals surface area contributed by atoms with E-state index in [1.807, 2.05) is 12.1 Å². The number of aliphatic hydroxyl groups is 1. The van der Waals surface area contributed by atoms with Crippen LogP contribution in [0.3, 0.4) is 0 Å². The van der Waals surface area contributed by atoms with E-state index in [-0.39, 0.29) is 12.5 Å². The molecule has 0 radical (unpaired) electrons. The zero-order chi connectivity index (χ0) is 23.2. The van der Waals surface area contributed by atoms with Gasteiger partial charge in [-0.25, -0.2) is 8.78 Å². The second-order valence-corrected chi connectivity index (χ2v) is 8.78. The Morgan fingerprint density at radius 2 is 1.79 bits per heavy atom. The first-order valence-corrected chi connectivity index (χ1v) is 11.7. The van der Waals surface area contributed by atoms with Crippen molar-refractivity contribution in [3.63, 3.8) is 0 Å². The van der Waals surface area contributed by atoms with E-state index < -0.39 is 23.8 Å². The summed E-state index contributed by atoms with van der Waals surface area (Å²) in [7, 11) is 0. The molecule has 4 nitrogen and oxygen atoms in total. The molecule has 1 aliphatic rings. The molecule has 4 rings (SSSR count). The fraction of sp³-hybridized carbons (Fsp3) is 0.370.